The van der Waals surface area contributed by atoms with E-state index in [0.29, 0.717) is 0 Å². The Morgan fingerprint density at radius 3 is 2.73 bits per heavy atom. The zero-order chi connectivity index (χ0) is 18.5. The second-order valence-corrected chi connectivity index (χ2v) is 7.55. The van der Waals surface area contributed by atoms with E-state index in [1.165, 1.54) is 6.42 Å². The van der Waals surface area contributed by atoms with Crippen molar-refractivity contribution in [1.29, 1.82) is 5.26 Å². The minimum Gasteiger partial charge on any atom is -0.376 e. The summed E-state index contributed by atoms with van der Waals surface area (Å²) in [6.07, 6.45) is 9.78. The molecule has 1 atom stereocenters. The molecule has 5 heteroatoms. The third-order valence-corrected chi connectivity index (χ3v) is 5.63. The fourth-order valence-corrected chi connectivity index (χ4v) is 4.06. The molecule has 26 heavy (non-hydrogen) atoms. The van der Waals surface area contributed by atoms with Crippen molar-refractivity contribution < 1.29 is 9.53 Å². The van der Waals surface area contributed by atoms with E-state index in [9.17, 15) is 10.1 Å². The molecule has 2 heterocycles. The number of nitrogens with one attached hydrogen (secondary N) is 1. The molecular formula is C21H29N3O2. The van der Waals surface area contributed by atoms with Gasteiger partial charge in [0.2, 0.25) is 0 Å². The number of hydrogen-bond donors (Lipinski definition) is 1. The molecule has 1 aromatic rings. The standard InChI is InChI=1S/C21H29N3O2/c1-15-11-17(16(2)24(15)14-20-9-6-10-26-20)12-18(13-22)21(25)23-19-7-4-3-5-8-19/h11-12,19-20H,3-10,14H2,1-2H3,(H,23,25)/b18-12+/t20-/m1/s1. The molecule has 1 aromatic heterocycles. The van der Waals surface area contributed by atoms with Crippen molar-refractivity contribution in [3.63, 3.8) is 0 Å². The first-order valence-electron chi connectivity index (χ1n) is 9.79. The average Bonchev–Trinajstić information content (AvgIpc) is 3.24. The maximum atomic E-state index is 12.5. The third kappa shape index (κ3) is 4.37. The Bertz CT molecular complexity index is 714. The number of rotatable bonds is 5. The van der Waals surface area contributed by atoms with Crippen LogP contribution < -0.4 is 5.32 Å². The van der Waals surface area contributed by atoms with Crippen molar-refractivity contribution in [2.45, 2.75) is 77.5 Å². The average molecular weight is 355 g/mol. The second kappa shape index (κ2) is 8.55. The van der Waals surface area contributed by atoms with Crippen LogP contribution in [-0.2, 0) is 16.1 Å². The van der Waals surface area contributed by atoms with Crippen LogP contribution in [0.2, 0.25) is 0 Å². The molecule has 1 amide bonds. The molecule has 1 aliphatic heterocycles. The van der Waals surface area contributed by atoms with E-state index in [-0.39, 0.29) is 23.6 Å². The molecule has 1 saturated carbocycles. The van der Waals surface area contributed by atoms with Crippen molar-refractivity contribution >= 4 is 12.0 Å². The zero-order valence-corrected chi connectivity index (χ0v) is 15.9. The van der Waals surface area contributed by atoms with E-state index in [4.69, 9.17) is 4.74 Å². The topological polar surface area (TPSA) is 67.0 Å². The van der Waals surface area contributed by atoms with Crippen molar-refractivity contribution in [3.8, 4) is 6.07 Å². The lowest BCUT2D eigenvalue weighted by atomic mass is 9.95. The Morgan fingerprint density at radius 1 is 1.31 bits per heavy atom. The zero-order valence-electron chi connectivity index (χ0n) is 15.9. The molecule has 140 valence electrons. The molecule has 0 bridgehead atoms. The number of amides is 1. The summed E-state index contributed by atoms with van der Waals surface area (Å²) in [6, 6.07) is 4.34. The smallest absolute Gasteiger partial charge is 0.262 e. The first-order valence-corrected chi connectivity index (χ1v) is 9.79. The largest absolute Gasteiger partial charge is 0.376 e. The lowest BCUT2D eigenvalue weighted by Crippen LogP contribution is -2.36. The van der Waals surface area contributed by atoms with Crippen LogP contribution in [0.15, 0.2) is 11.6 Å². The number of ether oxygens (including phenoxy) is 1. The van der Waals surface area contributed by atoms with Crippen molar-refractivity contribution in [3.05, 3.63) is 28.6 Å². The van der Waals surface area contributed by atoms with Crippen LogP contribution in [0.25, 0.3) is 6.08 Å². The van der Waals surface area contributed by atoms with Gasteiger partial charge in [0.25, 0.3) is 5.91 Å². The molecule has 2 fully saturated rings. The van der Waals surface area contributed by atoms with Gasteiger partial charge in [-0.15, -0.1) is 0 Å². The van der Waals surface area contributed by atoms with E-state index in [1.807, 2.05) is 6.92 Å². The van der Waals surface area contributed by atoms with E-state index in [2.05, 4.69) is 28.9 Å². The summed E-state index contributed by atoms with van der Waals surface area (Å²) in [5.41, 5.74) is 3.34. The number of aryl methyl sites for hydroxylation is 1. The van der Waals surface area contributed by atoms with Gasteiger partial charge in [-0.3, -0.25) is 4.79 Å². The Labute approximate surface area is 156 Å². The summed E-state index contributed by atoms with van der Waals surface area (Å²) >= 11 is 0. The van der Waals surface area contributed by atoms with Crippen LogP contribution in [0.1, 0.15) is 61.9 Å². The van der Waals surface area contributed by atoms with E-state index in [0.717, 1.165) is 68.6 Å². The Kier molecular flexibility index (Phi) is 6.16. The van der Waals surface area contributed by atoms with Gasteiger partial charge in [0.15, 0.2) is 0 Å². The van der Waals surface area contributed by atoms with Gasteiger partial charge in [-0.2, -0.15) is 5.26 Å². The fourth-order valence-electron chi connectivity index (χ4n) is 4.06. The number of aromatic nitrogens is 1. The summed E-state index contributed by atoms with van der Waals surface area (Å²) < 4.78 is 7.98. The lowest BCUT2D eigenvalue weighted by molar-refractivity contribution is -0.117. The number of nitrogens with zero attached hydrogens (tertiary/aromatic N) is 2. The molecular weight excluding hydrogens is 326 g/mol. The van der Waals surface area contributed by atoms with Crippen LogP contribution in [0.3, 0.4) is 0 Å². The highest BCUT2D eigenvalue weighted by atomic mass is 16.5. The van der Waals surface area contributed by atoms with Crippen LogP contribution in [0, 0.1) is 25.2 Å². The third-order valence-electron chi connectivity index (χ3n) is 5.63. The summed E-state index contributed by atoms with van der Waals surface area (Å²) in [5.74, 6) is -0.247. The van der Waals surface area contributed by atoms with Gasteiger partial charge < -0.3 is 14.6 Å². The highest BCUT2D eigenvalue weighted by Gasteiger charge is 2.20. The van der Waals surface area contributed by atoms with Crippen LogP contribution >= 0.6 is 0 Å². The molecule has 1 aliphatic carbocycles. The van der Waals surface area contributed by atoms with Crippen molar-refractivity contribution in [2.75, 3.05) is 6.61 Å². The molecule has 5 nitrogen and oxygen atoms in total. The van der Waals surface area contributed by atoms with Crippen molar-refractivity contribution in [2.24, 2.45) is 0 Å². The van der Waals surface area contributed by atoms with E-state index in [1.54, 1.807) is 6.08 Å². The summed E-state index contributed by atoms with van der Waals surface area (Å²) in [6.45, 7) is 5.79. The Hall–Kier alpha value is -2.06. The summed E-state index contributed by atoms with van der Waals surface area (Å²) in [5, 5.41) is 12.5. The van der Waals surface area contributed by atoms with Gasteiger partial charge in [0, 0.05) is 30.6 Å². The normalized spacial score (nSPS) is 21.6. The number of carbonyl (C=O) groups excluding carboxylic acids is 1. The van der Waals surface area contributed by atoms with Crippen LogP contribution in [-0.4, -0.2) is 29.2 Å². The summed E-state index contributed by atoms with van der Waals surface area (Å²) in [4.78, 5) is 12.5. The molecule has 0 unspecified atom stereocenters. The molecule has 1 saturated heterocycles. The van der Waals surface area contributed by atoms with Gasteiger partial charge in [-0.1, -0.05) is 19.3 Å². The van der Waals surface area contributed by atoms with Gasteiger partial charge in [-0.25, -0.2) is 0 Å². The molecule has 2 aliphatic rings. The first kappa shape index (κ1) is 18.7. The SMILES string of the molecule is Cc1cc(/C=C(\C#N)C(=O)NC2CCCCC2)c(C)n1C[C@H]1CCCO1. The fraction of sp³-hybridized carbons (Fsp3) is 0.619. The number of nitriles is 1. The molecule has 0 radical (unpaired) electrons. The minimum atomic E-state index is -0.247. The molecule has 0 aromatic carbocycles. The van der Waals surface area contributed by atoms with Gasteiger partial charge in [0.1, 0.15) is 11.6 Å². The highest BCUT2D eigenvalue weighted by molar-refractivity contribution is 6.02. The molecule has 3 rings (SSSR count). The molecule has 0 spiro atoms. The number of carbonyl (C=O) groups is 1. The van der Waals surface area contributed by atoms with E-state index >= 15 is 0 Å². The monoisotopic (exact) mass is 355 g/mol. The van der Waals surface area contributed by atoms with Crippen molar-refractivity contribution in [1.82, 2.24) is 9.88 Å². The van der Waals surface area contributed by atoms with Gasteiger partial charge in [0.05, 0.1) is 6.10 Å². The number of hydrogen-bond acceptors (Lipinski definition) is 3. The first-order chi connectivity index (χ1) is 12.6. The molecule has 1 N–H and O–H groups in total. The lowest BCUT2D eigenvalue weighted by Gasteiger charge is -2.22. The van der Waals surface area contributed by atoms with E-state index < -0.39 is 0 Å². The second-order valence-electron chi connectivity index (χ2n) is 7.55. The quantitative estimate of drug-likeness (QED) is 0.648. The minimum absolute atomic E-state index is 0.188. The highest BCUT2D eigenvalue weighted by Crippen LogP contribution is 2.22. The van der Waals surface area contributed by atoms with Crippen LogP contribution in [0.4, 0.5) is 0 Å². The van der Waals surface area contributed by atoms with Crippen LogP contribution in [0.5, 0.6) is 0 Å². The predicted molar refractivity (Wildman–Crippen MR) is 101 cm³/mol. The Morgan fingerprint density at radius 2 is 2.08 bits per heavy atom. The predicted octanol–water partition coefficient (Wildman–Crippen LogP) is 3.64. The maximum Gasteiger partial charge on any atom is 0.262 e. The van der Waals surface area contributed by atoms with Gasteiger partial charge in [-0.05, 0) is 57.2 Å². The maximum absolute atomic E-state index is 12.5. The van der Waals surface area contributed by atoms with Gasteiger partial charge >= 0.3 is 0 Å². The summed E-state index contributed by atoms with van der Waals surface area (Å²) in [7, 11) is 0. The Balaban J connectivity index is 1.73.